The van der Waals surface area contributed by atoms with Gasteiger partial charge in [-0.05, 0) is 11.1 Å². The van der Waals surface area contributed by atoms with Crippen LogP contribution in [0.2, 0.25) is 0 Å². The van der Waals surface area contributed by atoms with Gasteiger partial charge in [0.05, 0.1) is 13.2 Å². The summed E-state index contributed by atoms with van der Waals surface area (Å²) in [6.07, 6.45) is 0. The van der Waals surface area contributed by atoms with E-state index in [-0.39, 0.29) is 6.54 Å². The van der Waals surface area contributed by atoms with E-state index in [4.69, 9.17) is 10.6 Å². The van der Waals surface area contributed by atoms with Crippen molar-refractivity contribution in [1.29, 1.82) is 0 Å². The first-order chi connectivity index (χ1) is 6.73. The minimum absolute atomic E-state index is 0.177. The number of benzene rings is 1. The molecule has 0 aliphatic rings. The quantitative estimate of drug-likeness (QED) is 0.427. The number of hydrogen-bond acceptors (Lipinski definition) is 3. The highest BCUT2D eigenvalue weighted by Gasteiger charge is 2.27. The molecule has 0 heterocycles. The maximum atomic E-state index is 9.91. The Morgan fingerprint density at radius 3 is 2.50 bits per heavy atom. The second-order valence-corrected chi connectivity index (χ2v) is 2.94. The van der Waals surface area contributed by atoms with Crippen LogP contribution in [0.3, 0.4) is 0 Å². The highest BCUT2D eigenvalue weighted by atomic mass is 16.3. The molecule has 1 rings (SSSR count). The molecule has 74 valence electrons. The van der Waals surface area contributed by atoms with Crippen molar-refractivity contribution in [1.82, 2.24) is 0 Å². The molecule has 5 nitrogen and oxygen atoms in total. The molecule has 5 heteroatoms. The Kier molecular flexibility index (Phi) is 3.48. The van der Waals surface area contributed by atoms with Gasteiger partial charge in [-0.25, -0.2) is 0 Å². The molecule has 1 aromatic rings. The summed E-state index contributed by atoms with van der Waals surface area (Å²) in [5.41, 5.74) is 7.20. The van der Waals surface area contributed by atoms with Crippen LogP contribution in [0.15, 0.2) is 35.4 Å². The summed E-state index contributed by atoms with van der Waals surface area (Å²) in [7, 11) is 0. The van der Waals surface area contributed by atoms with Gasteiger partial charge in [0, 0.05) is 4.91 Å². The van der Waals surface area contributed by atoms with Crippen molar-refractivity contribution >= 4 is 0 Å². The molecule has 1 atom stereocenters. The summed E-state index contributed by atoms with van der Waals surface area (Å²) in [5, 5.41) is 22.2. The Labute approximate surface area is 81.2 Å². The molecule has 0 fully saturated rings. The van der Waals surface area contributed by atoms with E-state index in [1.807, 2.05) is 0 Å². The van der Waals surface area contributed by atoms with Crippen molar-refractivity contribution in [3.05, 3.63) is 46.3 Å². The van der Waals surface area contributed by atoms with E-state index in [9.17, 15) is 5.11 Å². The second-order valence-electron chi connectivity index (χ2n) is 2.94. The first-order valence-electron chi connectivity index (χ1n) is 4.12. The molecule has 0 radical (unpaired) electrons. The summed E-state index contributed by atoms with van der Waals surface area (Å²) in [6.45, 7) is -0.653. The molecule has 0 amide bonds. The van der Waals surface area contributed by atoms with E-state index in [1.165, 1.54) is 0 Å². The van der Waals surface area contributed by atoms with Gasteiger partial charge in [0.2, 0.25) is 0 Å². The fourth-order valence-corrected chi connectivity index (χ4v) is 1.13. The zero-order valence-corrected chi connectivity index (χ0v) is 7.54. The predicted molar refractivity (Wildman–Crippen MR) is 51.4 cm³/mol. The molecule has 0 saturated heterocycles. The largest absolute Gasteiger partial charge is 0.393 e. The van der Waals surface area contributed by atoms with Crippen LogP contribution in [0, 0.1) is 0 Å². The van der Waals surface area contributed by atoms with E-state index < -0.39 is 12.2 Å². The minimum atomic E-state index is -1.48. The number of aliphatic hydroxyl groups excluding tert-OH is 1. The standard InChI is InChI=1S/C9H11N3O2/c10-12-11-6-9(14,7-13)8-4-2-1-3-5-8/h1-5,13-14H,6-7H2/t9-/m1/s1. The maximum Gasteiger partial charge on any atom is 0.118 e. The van der Waals surface area contributed by atoms with Crippen LogP contribution in [0.5, 0.6) is 0 Å². The number of azide groups is 1. The van der Waals surface area contributed by atoms with E-state index in [1.54, 1.807) is 30.3 Å². The predicted octanol–water partition coefficient (Wildman–Crippen LogP) is 1.18. The Balaban J connectivity index is 2.95. The zero-order valence-electron chi connectivity index (χ0n) is 7.54. The van der Waals surface area contributed by atoms with Crippen molar-refractivity contribution in [2.45, 2.75) is 5.60 Å². The van der Waals surface area contributed by atoms with Gasteiger partial charge < -0.3 is 10.2 Å². The van der Waals surface area contributed by atoms with Crippen LogP contribution < -0.4 is 0 Å². The topological polar surface area (TPSA) is 89.2 Å². The molecule has 0 aliphatic heterocycles. The molecule has 0 aliphatic carbocycles. The third-order valence-corrected chi connectivity index (χ3v) is 1.97. The van der Waals surface area contributed by atoms with Gasteiger partial charge in [0.25, 0.3) is 0 Å². The van der Waals surface area contributed by atoms with Crippen LogP contribution in [-0.4, -0.2) is 23.4 Å². The molecule has 0 aromatic heterocycles. The maximum absolute atomic E-state index is 9.91. The van der Waals surface area contributed by atoms with Crippen molar-refractivity contribution in [2.24, 2.45) is 5.11 Å². The summed E-state index contributed by atoms with van der Waals surface area (Å²) < 4.78 is 0. The minimum Gasteiger partial charge on any atom is -0.393 e. The van der Waals surface area contributed by atoms with Gasteiger partial charge in [0.15, 0.2) is 0 Å². The first-order valence-corrected chi connectivity index (χ1v) is 4.12. The van der Waals surface area contributed by atoms with Crippen molar-refractivity contribution < 1.29 is 10.2 Å². The number of aliphatic hydroxyl groups is 2. The number of nitrogens with zero attached hydrogens (tertiary/aromatic N) is 3. The molecular weight excluding hydrogens is 182 g/mol. The van der Waals surface area contributed by atoms with Gasteiger partial charge in [-0.3, -0.25) is 0 Å². The molecule has 1 aromatic carbocycles. The van der Waals surface area contributed by atoms with Crippen LogP contribution in [0.25, 0.3) is 10.4 Å². The zero-order chi connectivity index (χ0) is 10.4. The van der Waals surface area contributed by atoms with Gasteiger partial charge in [-0.15, -0.1) is 0 Å². The van der Waals surface area contributed by atoms with Gasteiger partial charge in [-0.1, -0.05) is 35.4 Å². The summed E-state index contributed by atoms with van der Waals surface area (Å²) in [5.74, 6) is 0. The summed E-state index contributed by atoms with van der Waals surface area (Å²) >= 11 is 0. The fraction of sp³-hybridized carbons (Fsp3) is 0.333. The number of hydrogen-bond donors (Lipinski definition) is 2. The lowest BCUT2D eigenvalue weighted by molar-refractivity contribution is -0.0109. The average molecular weight is 193 g/mol. The van der Waals surface area contributed by atoms with Crippen LogP contribution in [0.1, 0.15) is 5.56 Å². The van der Waals surface area contributed by atoms with Crippen molar-refractivity contribution in [3.63, 3.8) is 0 Å². The smallest absolute Gasteiger partial charge is 0.118 e. The monoisotopic (exact) mass is 193 g/mol. The van der Waals surface area contributed by atoms with Crippen molar-refractivity contribution in [3.8, 4) is 0 Å². The Morgan fingerprint density at radius 1 is 1.36 bits per heavy atom. The molecule has 0 bridgehead atoms. The van der Waals surface area contributed by atoms with Crippen LogP contribution >= 0.6 is 0 Å². The molecule has 0 saturated carbocycles. The molecular formula is C9H11N3O2. The van der Waals surface area contributed by atoms with E-state index >= 15 is 0 Å². The van der Waals surface area contributed by atoms with E-state index in [0.717, 1.165) is 0 Å². The summed E-state index contributed by atoms with van der Waals surface area (Å²) in [4.78, 5) is 2.55. The molecule has 14 heavy (non-hydrogen) atoms. The van der Waals surface area contributed by atoms with Crippen molar-refractivity contribution in [2.75, 3.05) is 13.2 Å². The van der Waals surface area contributed by atoms with E-state index in [2.05, 4.69) is 10.0 Å². The van der Waals surface area contributed by atoms with Crippen LogP contribution in [-0.2, 0) is 5.60 Å². The van der Waals surface area contributed by atoms with Crippen LogP contribution in [0.4, 0.5) is 0 Å². The Morgan fingerprint density at radius 2 is 2.00 bits per heavy atom. The molecule has 0 spiro atoms. The van der Waals surface area contributed by atoms with E-state index in [0.29, 0.717) is 5.56 Å². The molecule has 2 N–H and O–H groups in total. The lowest BCUT2D eigenvalue weighted by Gasteiger charge is -2.23. The fourth-order valence-electron chi connectivity index (χ4n) is 1.13. The second kappa shape index (κ2) is 4.62. The van der Waals surface area contributed by atoms with Gasteiger partial charge >= 0.3 is 0 Å². The highest BCUT2D eigenvalue weighted by Crippen LogP contribution is 2.20. The van der Waals surface area contributed by atoms with Gasteiger partial charge in [0.1, 0.15) is 5.60 Å². The number of rotatable bonds is 4. The Bertz CT molecular complexity index is 335. The summed E-state index contributed by atoms with van der Waals surface area (Å²) in [6, 6.07) is 8.62. The lowest BCUT2D eigenvalue weighted by Crippen LogP contribution is -2.33. The van der Waals surface area contributed by atoms with Gasteiger partial charge in [-0.2, -0.15) is 0 Å². The third kappa shape index (κ3) is 2.23. The first kappa shape index (κ1) is 10.5. The highest BCUT2D eigenvalue weighted by molar-refractivity contribution is 5.22. The SMILES string of the molecule is [N-]=[N+]=NC[C@@](O)(CO)c1ccccc1. The third-order valence-electron chi connectivity index (χ3n) is 1.97. The lowest BCUT2D eigenvalue weighted by atomic mass is 9.95. The normalized spacial score (nSPS) is 14.1. The Hall–Kier alpha value is -1.55. The molecule has 0 unspecified atom stereocenters. The average Bonchev–Trinajstić information content (AvgIpc) is 2.27.